The van der Waals surface area contributed by atoms with Crippen LogP contribution in [-0.2, 0) is 6.54 Å². The molecule has 0 aromatic heterocycles. The van der Waals surface area contributed by atoms with Crippen molar-refractivity contribution in [3.05, 3.63) is 29.8 Å². The number of benzene rings is 1. The summed E-state index contributed by atoms with van der Waals surface area (Å²) in [6.45, 7) is 11.2. The van der Waals surface area contributed by atoms with Crippen molar-refractivity contribution >= 4 is 5.69 Å². The molecule has 0 aliphatic heterocycles. The van der Waals surface area contributed by atoms with Gasteiger partial charge in [0.15, 0.2) is 0 Å². The molecule has 2 nitrogen and oxygen atoms in total. The van der Waals surface area contributed by atoms with Gasteiger partial charge in [-0.15, -0.1) is 0 Å². The van der Waals surface area contributed by atoms with Crippen molar-refractivity contribution in [2.24, 2.45) is 0 Å². The maximum Gasteiger partial charge on any atom is 0.101 e. The second-order valence-electron chi connectivity index (χ2n) is 4.83. The van der Waals surface area contributed by atoms with Crippen LogP contribution in [0, 0.1) is 0 Å². The lowest BCUT2D eigenvalue weighted by Gasteiger charge is -2.21. The zero-order valence-corrected chi connectivity index (χ0v) is 12.3. The summed E-state index contributed by atoms with van der Waals surface area (Å²) < 4.78 is 0. The topological polar surface area (TPSA) is 19.9 Å². The number of nitrogens with zero attached hydrogens (tertiary/aromatic N) is 1. The fraction of sp³-hybridized carbons (Fsp3) is 0.625. The highest BCUT2D eigenvalue weighted by Crippen LogP contribution is 2.14. The third-order valence-electron chi connectivity index (χ3n) is 3.46. The van der Waals surface area contributed by atoms with Gasteiger partial charge in [0.25, 0.3) is 0 Å². The predicted octanol–water partition coefficient (Wildman–Crippen LogP) is 2.79. The van der Waals surface area contributed by atoms with Gasteiger partial charge in [-0.2, -0.15) is 0 Å². The fourth-order valence-electron chi connectivity index (χ4n) is 2.24. The van der Waals surface area contributed by atoms with Gasteiger partial charge >= 0.3 is 0 Å². The molecule has 0 saturated carbocycles. The molecule has 0 aliphatic rings. The van der Waals surface area contributed by atoms with Crippen LogP contribution in [0.5, 0.6) is 0 Å². The first-order chi connectivity index (χ1) is 8.81. The van der Waals surface area contributed by atoms with E-state index in [4.69, 9.17) is 0 Å². The monoisotopic (exact) mass is 249 g/mol. The van der Waals surface area contributed by atoms with Crippen molar-refractivity contribution in [2.45, 2.75) is 46.6 Å². The average molecular weight is 249 g/mol. The fourth-order valence-corrected chi connectivity index (χ4v) is 2.24. The van der Waals surface area contributed by atoms with E-state index in [0.717, 1.165) is 19.6 Å². The van der Waals surface area contributed by atoms with E-state index in [-0.39, 0.29) is 0 Å². The van der Waals surface area contributed by atoms with Gasteiger partial charge in [0.1, 0.15) is 6.54 Å². The second kappa shape index (κ2) is 8.98. The lowest BCUT2D eigenvalue weighted by molar-refractivity contribution is -0.671. The third kappa shape index (κ3) is 5.09. The zero-order chi connectivity index (χ0) is 13.2. The van der Waals surface area contributed by atoms with Crippen LogP contribution in [0.3, 0.4) is 0 Å². The molecule has 0 bridgehead atoms. The Morgan fingerprint density at radius 1 is 0.944 bits per heavy atom. The van der Waals surface area contributed by atoms with Gasteiger partial charge in [0, 0.05) is 24.3 Å². The minimum Gasteiger partial charge on any atom is -0.372 e. The summed E-state index contributed by atoms with van der Waals surface area (Å²) in [4.78, 5) is 2.38. The molecular formula is C16H29N2+. The largest absolute Gasteiger partial charge is 0.372 e. The van der Waals surface area contributed by atoms with Crippen LogP contribution < -0.4 is 10.2 Å². The SMILES string of the molecule is CCCCC[NH2+]Cc1ccc(N(CC)CC)cc1. The number of nitrogens with two attached hydrogens (primary N) is 1. The third-order valence-corrected chi connectivity index (χ3v) is 3.46. The second-order valence-corrected chi connectivity index (χ2v) is 4.83. The normalized spacial score (nSPS) is 10.6. The molecule has 0 atom stereocenters. The molecule has 0 amide bonds. The van der Waals surface area contributed by atoms with Crippen molar-refractivity contribution < 1.29 is 5.32 Å². The van der Waals surface area contributed by atoms with E-state index >= 15 is 0 Å². The summed E-state index contributed by atoms with van der Waals surface area (Å²) in [7, 11) is 0. The van der Waals surface area contributed by atoms with Gasteiger partial charge in [-0.3, -0.25) is 0 Å². The van der Waals surface area contributed by atoms with E-state index < -0.39 is 0 Å². The molecule has 0 aliphatic carbocycles. The molecule has 2 N–H and O–H groups in total. The molecule has 2 heteroatoms. The van der Waals surface area contributed by atoms with Gasteiger partial charge in [-0.1, -0.05) is 25.5 Å². The molecular weight excluding hydrogens is 220 g/mol. The van der Waals surface area contributed by atoms with E-state index in [2.05, 4.69) is 55.3 Å². The quantitative estimate of drug-likeness (QED) is 0.667. The number of hydrogen-bond acceptors (Lipinski definition) is 1. The van der Waals surface area contributed by atoms with E-state index in [0.29, 0.717) is 0 Å². The van der Waals surface area contributed by atoms with Crippen LogP contribution in [0.1, 0.15) is 45.6 Å². The lowest BCUT2D eigenvalue weighted by Crippen LogP contribution is -2.82. The molecule has 18 heavy (non-hydrogen) atoms. The van der Waals surface area contributed by atoms with Gasteiger partial charge < -0.3 is 10.2 Å². The Morgan fingerprint density at radius 2 is 1.61 bits per heavy atom. The Hall–Kier alpha value is -1.02. The number of anilines is 1. The first-order valence-corrected chi connectivity index (χ1v) is 7.47. The molecule has 0 spiro atoms. The van der Waals surface area contributed by atoms with Gasteiger partial charge in [0.2, 0.25) is 0 Å². The molecule has 1 rings (SSSR count). The Labute approximate surface area is 112 Å². The highest BCUT2D eigenvalue weighted by atomic mass is 15.1. The first-order valence-electron chi connectivity index (χ1n) is 7.47. The molecule has 0 saturated heterocycles. The number of hydrogen-bond donors (Lipinski definition) is 1. The smallest absolute Gasteiger partial charge is 0.101 e. The summed E-state index contributed by atoms with van der Waals surface area (Å²) in [5.41, 5.74) is 2.78. The Bertz CT molecular complexity index is 301. The number of unbranched alkanes of at least 4 members (excludes halogenated alkanes) is 2. The van der Waals surface area contributed by atoms with Crippen LogP contribution in [-0.4, -0.2) is 19.6 Å². The summed E-state index contributed by atoms with van der Waals surface area (Å²) in [5, 5.41) is 2.42. The van der Waals surface area contributed by atoms with E-state index in [1.54, 1.807) is 0 Å². The maximum atomic E-state index is 2.42. The van der Waals surface area contributed by atoms with Crippen molar-refractivity contribution in [3.8, 4) is 0 Å². The molecule has 0 heterocycles. The predicted molar refractivity (Wildman–Crippen MR) is 80.0 cm³/mol. The van der Waals surface area contributed by atoms with Crippen LogP contribution in [0.4, 0.5) is 5.69 Å². The maximum absolute atomic E-state index is 2.42. The lowest BCUT2D eigenvalue weighted by atomic mass is 10.2. The van der Waals surface area contributed by atoms with Gasteiger partial charge in [-0.05, 0) is 38.8 Å². The van der Waals surface area contributed by atoms with Crippen LogP contribution >= 0.6 is 0 Å². The summed E-state index contributed by atoms with van der Waals surface area (Å²) >= 11 is 0. The minimum atomic E-state index is 1.08. The zero-order valence-electron chi connectivity index (χ0n) is 12.3. The molecule has 0 unspecified atom stereocenters. The van der Waals surface area contributed by atoms with Gasteiger partial charge in [-0.25, -0.2) is 0 Å². The first kappa shape index (κ1) is 15.0. The van der Waals surface area contributed by atoms with Crippen molar-refractivity contribution in [3.63, 3.8) is 0 Å². The van der Waals surface area contributed by atoms with E-state index in [1.807, 2.05) is 0 Å². The highest BCUT2D eigenvalue weighted by Gasteiger charge is 2.01. The molecule has 1 aromatic carbocycles. The Kier molecular flexibility index (Phi) is 7.51. The summed E-state index contributed by atoms with van der Waals surface area (Å²) in [6, 6.07) is 9.04. The number of rotatable bonds is 9. The van der Waals surface area contributed by atoms with Crippen molar-refractivity contribution in [1.29, 1.82) is 0 Å². The highest BCUT2D eigenvalue weighted by molar-refractivity contribution is 5.47. The molecule has 0 fully saturated rings. The molecule has 0 radical (unpaired) electrons. The van der Waals surface area contributed by atoms with E-state index in [1.165, 1.54) is 37.1 Å². The summed E-state index contributed by atoms with van der Waals surface area (Å²) in [5.74, 6) is 0. The minimum absolute atomic E-state index is 1.08. The van der Waals surface area contributed by atoms with Crippen molar-refractivity contribution in [1.82, 2.24) is 0 Å². The van der Waals surface area contributed by atoms with Crippen molar-refractivity contribution in [2.75, 3.05) is 24.5 Å². The Morgan fingerprint density at radius 3 is 2.17 bits per heavy atom. The number of quaternary nitrogens is 1. The van der Waals surface area contributed by atoms with Crippen LogP contribution in [0.25, 0.3) is 0 Å². The molecule has 102 valence electrons. The molecule has 1 aromatic rings. The Balaban J connectivity index is 2.35. The summed E-state index contributed by atoms with van der Waals surface area (Å²) in [6.07, 6.45) is 4.01. The standard InChI is InChI=1S/C16H28N2/c1-4-7-8-13-17-14-15-9-11-16(12-10-15)18(5-2)6-3/h9-12,17H,4-8,13-14H2,1-3H3/p+1. The van der Waals surface area contributed by atoms with E-state index in [9.17, 15) is 0 Å². The van der Waals surface area contributed by atoms with Crippen LogP contribution in [0.15, 0.2) is 24.3 Å². The average Bonchev–Trinajstić information content (AvgIpc) is 2.41. The van der Waals surface area contributed by atoms with Crippen LogP contribution in [0.2, 0.25) is 0 Å². The van der Waals surface area contributed by atoms with Gasteiger partial charge in [0.05, 0.1) is 6.54 Å².